The second-order valence-corrected chi connectivity index (χ2v) is 6.67. The van der Waals surface area contributed by atoms with E-state index in [1.165, 1.54) is 5.56 Å². The molecule has 4 nitrogen and oxygen atoms in total. The molecule has 2 N–H and O–H groups in total. The number of ether oxygens (including phenoxy) is 1. The summed E-state index contributed by atoms with van der Waals surface area (Å²) in [7, 11) is 0. The molecule has 2 aromatic rings. The number of primary amides is 1. The minimum absolute atomic E-state index is 0.245. The molecule has 1 saturated heterocycles. The van der Waals surface area contributed by atoms with Crippen molar-refractivity contribution in [3.05, 3.63) is 70.2 Å². The summed E-state index contributed by atoms with van der Waals surface area (Å²) in [5.74, 6) is -0.542. The zero-order valence-electron chi connectivity index (χ0n) is 12.7. The summed E-state index contributed by atoms with van der Waals surface area (Å²) in [5.41, 5.74) is 7.75. The van der Waals surface area contributed by atoms with Crippen LogP contribution in [0.5, 0.6) is 0 Å². The molecule has 0 radical (unpaired) electrons. The number of nitrogens with zero attached hydrogens (tertiary/aromatic N) is 1. The highest BCUT2D eigenvalue weighted by Gasteiger charge is 2.43. The Kier molecular flexibility index (Phi) is 5.10. The summed E-state index contributed by atoms with van der Waals surface area (Å²) in [6.45, 7) is 1.86. The Labute approximate surface area is 144 Å². The molecule has 23 heavy (non-hydrogen) atoms. The van der Waals surface area contributed by atoms with Gasteiger partial charge in [-0.3, -0.25) is 9.69 Å². The molecule has 2 aromatic carbocycles. The fourth-order valence-electron chi connectivity index (χ4n) is 2.80. The van der Waals surface area contributed by atoms with Gasteiger partial charge in [0.25, 0.3) is 0 Å². The highest BCUT2D eigenvalue weighted by molar-refractivity contribution is 9.10. The molecule has 2 atom stereocenters. The van der Waals surface area contributed by atoms with Gasteiger partial charge in [0.1, 0.15) is 6.23 Å². The van der Waals surface area contributed by atoms with Gasteiger partial charge in [0.05, 0.1) is 12.5 Å². The first kappa shape index (κ1) is 16.2. The van der Waals surface area contributed by atoms with Crippen molar-refractivity contribution in [2.75, 3.05) is 6.54 Å². The Morgan fingerprint density at radius 2 is 1.91 bits per heavy atom. The average Bonchev–Trinajstić information content (AvgIpc) is 2.52. The Hall–Kier alpha value is -1.69. The van der Waals surface area contributed by atoms with Crippen LogP contribution in [0.25, 0.3) is 0 Å². The van der Waals surface area contributed by atoms with Gasteiger partial charge < -0.3 is 10.5 Å². The molecule has 0 saturated carbocycles. The van der Waals surface area contributed by atoms with Gasteiger partial charge in [0.15, 0.2) is 0 Å². The van der Waals surface area contributed by atoms with Crippen molar-refractivity contribution in [1.29, 1.82) is 0 Å². The highest BCUT2D eigenvalue weighted by atomic mass is 79.9. The van der Waals surface area contributed by atoms with E-state index in [4.69, 9.17) is 10.5 Å². The van der Waals surface area contributed by atoms with E-state index in [2.05, 4.69) is 33.0 Å². The van der Waals surface area contributed by atoms with E-state index in [1.54, 1.807) is 0 Å². The van der Waals surface area contributed by atoms with Crippen LogP contribution in [0.2, 0.25) is 0 Å². The van der Waals surface area contributed by atoms with E-state index in [0.29, 0.717) is 13.2 Å². The van der Waals surface area contributed by atoms with E-state index in [-0.39, 0.29) is 18.1 Å². The third-order valence-corrected chi connectivity index (χ3v) is 4.53. The fraction of sp³-hybridized carbons (Fsp3) is 0.278. The van der Waals surface area contributed by atoms with Gasteiger partial charge in [-0.2, -0.15) is 0 Å². The van der Waals surface area contributed by atoms with Crippen LogP contribution in [-0.4, -0.2) is 23.6 Å². The molecule has 0 aromatic heterocycles. The van der Waals surface area contributed by atoms with Gasteiger partial charge in [-0.05, 0) is 23.3 Å². The normalized spacial score (nSPS) is 20.9. The molecule has 1 amide bonds. The molecule has 1 heterocycles. The Morgan fingerprint density at radius 1 is 1.17 bits per heavy atom. The van der Waals surface area contributed by atoms with Crippen LogP contribution in [0.15, 0.2) is 59.1 Å². The van der Waals surface area contributed by atoms with Crippen LogP contribution in [0, 0.1) is 5.92 Å². The number of rotatable bonds is 6. The molecule has 0 bridgehead atoms. The number of likely N-dealkylation sites (tertiary alicyclic amines) is 1. The second-order valence-electron chi connectivity index (χ2n) is 5.76. The molecule has 0 spiro atoms. The topological polar surface area (TPSA) is 55.6 Å². The van der Waals surface area contributed by atoms with Crippen LogP contribution >= 0.6 is 15.9 Å². The zero-order chi connectivity index (χ0) is 16.2. The zero-order valence-corrected chi connectivity index (χ0v) is 14.3. The molecule has 5 heteroatoms. The fourth-order valence-corrected chi connectivity index (χ4v) is 3.24. The van der Waals surface area contributed by atoms with Crippen LogP contribution in [0.4, 0.5) is 0 Å². The SMILES string of the molecule is NC(=O)C1CN(Cc2ccccc2)C1OCc1cccc(Br)c1. The monoisotopic (exact) mass is 374 g/mol. The molecular weight excluding hydrogens is 356 g/mol. The number of halogens is 1. The Bertz CT molecular complexity index is 678. The smallest absolute Gasteiger partial charge is 0.225 e. The number of hydrogen-bond donors (Lipinski definition) is 1. The van der Waals surface area contributed by atoms with E-state index in [9.17, 15) is 4.79 Å². The molecule has 120 valence electrons. The average molecular weight is 375 g/mol. The quantitative estimate of drug-likeness (QED) is 0.845. The van der Waals surface area contributed by atoms with Crippen LogP contribution < -0.4 is 5.73 Å². The summed E-state index contributed by atoms with van der Waals surface area (Å²) < 4.78 is 7.00. The van der Waals surface area contributed by atoms with E-state index < -0.39 is 0 Å². The third kappa shape index (κ3) is 3.99. The lowest BCUT2D eigenvalue weighted by atomic mass is 9.95. The summed E-state index contributed by atoms with van der Waals surface area (Å²) in [4.78, 5) is 13.7. The third-order valence-electron chi connectivity index (χ3n) is 4.04. The molecule has 1 aliphatic heterocycles. The second kappa shape index (κ2) is 7.25. The van der Waals surface area contributed by atoms with Crippen molar-refractivity contribution in [2.24, 2.45) is 11.7 Å². The van der Waals surface area contributed by atoms with Gasteiger partial charge in [0, 0.05) is 17.6 Å². The lowest BCUT2D eigenvalue weighted by Gasteiger charge is -2.46. The van der Waals surface area contributed by atoms with Crippen molar-refractivity contribution in [3.8, 4) is 0 Å². The molecule has 0 aliphatic carbocycles. The highest BCUT2D eigenvalue weighted by Crippen LogP contribution is 2.29. The van der Waals surface area contributed by atoms with Gasteiger partial charge in [0.2, 0.25) is 5.91 Å². The summed E-state index contributed by atoms with van der Waals surface area (Å²) in [6.07, 6.45) is -0.258. The van der Waals surface area contributed by atoms with Crippen LogP contribution in [0.1, 0.15) is 11.1 Å². The van der Waals surface area contributed by atoms with Crippen molar-refractivity contribution < 1.29 is 9.53 Å². The van der Waals surface area contributed by atoms with Gasteiger partial charge in [-0.25, -0.2) is 0 Å². The van der Waals surface area contributed by atoms with Crippen LogP contribution in [-0.2, 0) is 22.7 Å². The van der Waals surface area contributed by atoms with E-state index in [0.717, 1.165) is 16.6 Å². The molecule has 1 fully saturated rings. The van der Waals surface area contributed by atoms with Gasteiger partial charge in [-0.15, -0.1) is 0 Å². The Morgan fingerprint density at radius 3 is 2.61 bits per heavy atom. The summed E-state index contributed by atoms with van der Waals surface area (Å²) in [5, 5.41) is 0. The van der Waals surface area contributed by atoms with Gasteiger partial charge in [-0.1, -0.05) is 58.4 Å². The molecule has 2 unspecified atom stereocenters. The predicted molar refractivity (Wildman–Crippen MR) is 92.3 cm³/mol. The van der Waals surface area contributed by atoms with Crippen molar-refractivity contribution in [2.45, 2.75) is 19.4 Å². The number of amides is 1. The van der Waals surface area contributed by atoms with Crippen molar-refractivity contribution in [1.82, 2.24) is 4.90 Å². The van der Waals surface area contributed by atoms with Crippen LogP contribution in [0.3, 0.4) is 0 Å². The number of carbonyl (C=O) groups excluding carboxylic acids is 1. The largest absolute Gasteiger partial charge is 0.369 e. The van der Waals surface area contributed by atoms with E-state index in [1.807, 2.05) is 42.5 Å². The van der Waals surface area contributed by atoms with Crippen molar-refractivity contribution in [3.63, 3.8) is 0 Å². The maximum absolute atomic E-state index is 11.6. The van der Waals surface area contributed by atoms with Crippen molar-refractivity contribution >= 4 is 21.8 Å². The molecule has 1 aliphatic rings. The first-order valence-corrected chi connectivity index (χ1v) is 8.36. The molecule has 3 rings (SSSR count). The minimum atomic E-state index is -0.298. The standard InChI is InChI=1S/C18H19BrN2O2/c19-15-8-4-7-14(9-15)12-23-18-16(17(20)22)11-21(18)10-13-5-2-1-3-6-13/h1-9,16,18H,10-12H2,(H2,20,22). The Balaban J connectivity index is 1.64. The van der Waals surface area contributed by atoms with E-state index >= 15 is 0 Å². The first-order valence-electron chi connectivity index (χ1n) is 7.57. The number of carbonyl (C=O) groups is 1. The summed E-state index contributed by atoms with van der Waals surface area (Å²) >= 11 is 3.45. The number of nitrogens with two attached hydrogens (primary N) is 1. The summed E-state index contributed by atoms with van der Waals surface area (Å²) in [6, 6.07) is 18.1. The maximum atomic E-state index is 11.6. The minimum Gasteiger partial charge on any atom is -0.369 e. The maximum Gasteiger partial charge on any atom is 0.225 e. The molecular formula is C18H19BrN2O2. The lowest BCUT2D eigenvalue weighted by Crippen LogP contribution is -2.61. The van der Waals surface area contributed by atoms with Gasteiger partial charge >= 0.3 is 0 Å². The first-order chi connectivity index (χ1) is 11.1. The number of hydrogen-bond acceptors (Lipinski definition) is 3. The predicted octanol–water partition coefficient (Wildman–Crippen LogP) is 2.91. The number of benzene rings is 2. The lowest BCUT2D eigenvalue weighted by molar-refractivity contribution is -0.184.